The molecule has 0 aliphatic carbocycles. The molecule has 1 heterocycles. The third kappa shape index (κ3) is 4.87. The number of anilines is 2. The Morgan fingerprint density at radius 3 is 2.60 bits per heavy atom. The maximum atomic E-state index is 12.0. The summed E-state index contributed by atoms with van der Waals surface area (Å²) in [6.07, 6.45) is 1.77. The van der Waals surface area contributed by atoms with E-state index in [1.165, 1.54) is 0 Å². The zero-order chi connectivity index (χ0) is 17.8. The number of halogens is 2. The average Bonchev–Trinajstić information content (AvgIpc) is 2.54. The molecule has 2 aromatic carbocycles. The van der Waals surface area contributed by atoms with E-state index in [4.69, 9.17) is 23.2 Å². The Hall–Kier alpha value is -2.24. The highest BCUT2D eigenvalue weighted by Crippen LogP contribution is 2.25. The summed E-state index contributed by atoms with van der Waals surface area (Å²) < 4.78 is 0. The molecular formula is C18H17Cl2N3O2. The summed E-state index contributed by atoms with van der Waals surface area (Å²) in [7, 11) is 0. The summed E-state index contributed by atoms with van der Waals surface area (Å²) in [4.78, 5) is 23.4. The van der Waals surface area contributed by atoms with Crippen molar-refractivity contribution in [3.63, 3.8) is 0 Å². The number of amides is 3. The van der Waals surface area contributed by atoms with Crippen LogP contribution in [0.1, 0.15) is 17.5 Å². The molecule has 5 nitrogen and oxygen atoms in total. The summed E-state index contributed by atoms with van der Waals surface area (Å²) in [5, 5.41) is 9.56. The summed E-state index contributed by atoms with van der Waals surface area (Å²) in [5.74, 6) is 0.0204. The Kier molecular flexibility index (Phi) is 5.46. The van der Waals surface area contributed by atoms with Crippen LogP contribution < -0.4 is 16.0 Å². The van der Waals surface area contributed by atoms with E-state index in [9.17, 15) is 9.59 Å². The van der Waals surface area contributed by atoms with Gasteiger partial charge in [-0.05, 0) is 60.4 Å². The first-order chi connectivity index (χ1) is 12.0. The highest BCUT2D eigenvalue weighted by molar-refractivity contribution is 6.34. The minimum Gasteiger partial charge on any atom is -0.338 e. The second-order valence-electron chi connectivity index (χ2n) is 5.83. The van der Waals surface area contributed by atoms with Gasteiger partial charge in [0.2, 0.25) is 5.91 Å². The number of nitrogens with one attached hydrogen (secondary N) is 3. The molecule has 0 unspecified atom stereocenters. The molecule has 7 heteroatoms. The second kappa shape index (κ2) is 7.76. The lowest BCUT2D eigenvalue weighted by atomic mass is 10.0. The highest BCUT2D eigenvalue weighted by Gasteiger charge is 2.15. The average molecular weight is 378 g/mol. The van der Waals surface area contributed by atoms with Crippen molar-refractivity contribution in [1.29, 1.82) is 0 Å². The molecule has 0 atom stereocenters. The normalized spacial score (nSPS) is 13.0. The predicted octanol–water partition coefficient (Wildman–Crippen LogP) is 4.24. The van der Waals surface area contributed by atoms with Gasteiger partial charge in [0.15, 0.2) is 0 Å². The fourth-order valence-electron chi connectivity index (χ4n) is 2.71. The number of rotatable bonds is 4. The number of aryl methyl sites for hydroxylation is 1. The quantitative estimate of drug-likeness (QED) is 0.745. The molecule has 130 valence electrons. The first-order valence-corrected chi connectivity index (χ1v) is 8.68. The van der Waals surface area contributed by atoms with Crippen molar-refractivity contribution >= 4 is 46.5 Å². The highest BCUT2D eigenvalue weighted by atomic mass is 35.5. The summed E-state index contributed by atoms with van der Waals surface area (Å²) in [6.45, 7) is 0.462. The molecule has 0 spiro atoms. The van der Waals surface area contributed by atoms with Crippen molar-refractivity contribution in [2.24, 2.45) is 0 Å². The molecule has 0 saturated heterocycles. The van der Waals surface area contributed by atoms with E-state index in [1.807, 2.05) is 18.2 Å². The molecule has 1 aliphatic heterocycles. The zero-order valence-corrected chi connectivity index (χ0v) is 14.9. The molecule has 3 amide bonds. The number of hydrogen-bond donors (Lipinski definition) is 3. The Morgan fingerprint density at radius 2 is 1.84 bits per heavy atom. The van der Waals surface area contributed by atoms with Gasteiger partial charge in [-0.3, -0.25) is 4.79 Å². The third-order valence-electron chi connectivity index (χ3n) is 3.88. The summed E-state index contributed by atoms with van der Waals surface area (Å²) >= 11 is 11.9. The molecule has 1 aliphatic rings. The van der Waals surface area contributed by atoms with Gasteiger partial charge >= 0.3 is 6.03 Å². The van der Waals surface area contributed by atoms with Gasteiger partial charge in [-0.15, -0.1) is 0 Å². The minimum absolute atomic E-state index is 0.0204. The molecule has 0 fully saturated rings. The van der Waals surface area contributed by atoms with Gasteiger partial charge in [0.25, 0.3) is 0 Å². The molecule has 0 saturated carbocycles. The lowest BCUT2D eigenvalue weighted by molar-refractivity contribution is -0.116. The van der Waals surface area contributed by atoms with Crippen LogP contribution in [-0.4, -0.2) is 18.5 Å². The second-order valence-corrected chi connectivity index (χ2v) is 6.70. The smallest absolute Gasteiger partial charge is 0.319 e. The van der Waals surface area contributed by atoms with Crippen molar-refractivity contribution in [1.82, 2.24) is 5.32 Å². The van der Waals surface area contributed by atoms with Crippen LogP contribution in [0.3, 0.4) is 0 Å². The van der Waals surface area contributed by atoms with Crippen LogP contribution in [0.5, 0.6) is 0 Å². The monoisotopic (exact) mass is 377 g/mol. The van der Waals surface area contributed by atoms with Gasteiger partial charge in [-0.2, -0.15) is 0 Å². The van der Waals surface area contributed by atoms with Crippen LogP contribution in [-0.2, 0) is 17.6 Å². The fraction of sp³-hybridized carbons (Fsp3) is 0.222. The number of urea groups is 1. The van der Waals surface area contributed by atoms with Crippen LogP contribution in [0.2, 0.25) is 10.0 Å². The van der Waals surface area contributed by atoms with E-state index in [-0.39, 0.29) is 11.9 Å². The Morgan fingerprint density at radius 1 is 1.08 bits per heavy atom. The van der Waals surface area contributed by atoms with Crippen LogP contribution in [0, 0.1) is 0 Å². The number of carbonyl (C=O) groups is 2. The summed E-state index contributed by atoms with van der Waals surface area (Å²) in [5.41, 5.74) is 3.48. The topological polar surface area (TPSA) is 70.2 Å². The van der Waals surface area contributed by atoms with Gasteiger partial charge in [0, 0.05) is 34.4 Å². The first-order valence-electron chi connectivity index (χ1n) is 7.92. The number of fused-ring (bicyclic) bond motifs is 1. The van der Waals surface area contributed by atoms with E-state index in [0.29, 0.717) is 41.5 Å². The number of hydrogen-bond acceptors (Lipinski definition) is 2. The van der Waals surface area contributed by atoms with Crippen molar-refractivity contribution in [3.05, 3.63) is 57.6 Å². The maximum absolute atomic E-state index is 12.0. The van der Waals surface area contributed by atoms with Crippen LogP contribution >= 0.6 is 23.2 Å². The lowest BCUT2D eigenvalue weighted by Crippen LogP contribution is -2.30. The van der Waals surface area contributed by atoms with Gasteiger partial charge in [0.1, 0.15) is 0 Å². The molecular weight excluding hydrogens is 361 g/mol. The van der Waals surface area contributed by atoms with Crippen LogP contribution in [0.15, 0.2) is 36.4 Å². The minimum atomic E-state index is -0.284. The third-order valence-corrected chi connectivity index (χ3v) is 4.32. The molecule has 0 aromatic heterocycles. The molecule has 0 bridgehead atoms. The van der Waals surface area contributed by atoms with Crippen molar-refractivity contribution in [2.45, 2.75) is 19.3 Å². The van der Waals surface area contributed by atoms with Crippen molar-refractivity contribution in [2.75, 3.05) is 17.2 Å². The molecule has 2 aromatic rings. The predicted molar refractivity (Wildman–Crippen MR) is 101 cm³/mol. The number of carbonyl (C=O) groups excluding carboxylic acids is 2. The van der Waals surface area contributed by atoms with E-state index < -0.39 is 0 Å². The molecule has 3 N–H and O–H groups in total. The zero-order valence-electron chi connectivity index (χ0n) is 13.4. The van der Waals surface area contributed by atoms with Crippen LogP contribution in [0.25, 0.3) is 0 Å². The summed E-state index contributed by atoms with van der Waals surface area (Å²) in [6, 6.07) is 10.5. The lowest BCUT2D eigenvalue weighted by Gasteiger charge is -2.17. The van der Waals surface area contributed by atoms with Crippen molar-refractivity contribution < 1.29 is 9.59 Å². The van der Waals surface area contributed by atoms with Crippen molar-refractivity contribution in [3.8, 4) is 0 Å². The van der Waals surface area contributed by atoms with E-state index >= 15 is 0 Å². The Balaban J connectivity index is 1.52. The number of benzene rings is 2. The largest absolute Gasteiger partial charge is 0.338 e. The standard InChI is InChI=1S/C18H17Cl2N3O2/c19-13-7-11(8-14(20)10-13)5-6-21-18(25)22-15-2-3-16-12(9-15)1-4-17(24)23-16/h2-3,7-10H,1,4-6H2,(H,23,24)(H2,21,22,25). The van der Waals surface area contributed by atoms with Gasteiger partial charge < -0.3 is 16.0 Å². The van der Waals surface area contributed by atoms with E-state index in [1.54, 1.807) is 18.2 Å². The first kappa shape index (κ1) is 17.6. The van der Waals surface area contributed by atoms with Gasteiger partial charge in [-0.1, -0.05) is 23.2 Å². The van der Waals surface area contributed by atoms with Gasteiger partial charge in [-0.25, -0.2) is 4.79 Å². The fourth-order valence-corrected chi connectivity index (χ4v) is 3.28. The van der Waals surface area contributed by atoms with E-state index in [2.05, 4.69) is 16.0 Å². The van der Waals surface area contributed by atoms with Crippen LogP contribution in [0.4, 0.5) is 16.2 Å². The Bertz CT molecular complexity index is 804. The molecule has 0 radical (unpaired) electrons. The Labute approximate surface area is 155 Å². The molecule has 25 heavy (non-hydrogen) atoms. The van der Waals surface area contributed by atoms with Gasteiger partial charge in [0.05, 0.1) is 0 Å². The molecule has 3 rings (SSSR count). The SMILES string of the molecule is O=C1CCc2cc(NC(=O)NCCc3cc(Cl)cc(Cl)c3)ccc2N1. The van der Waals surface area contributed by atoms with E-state index in [0.717, 1.165) is 16.8 Å². The maximum Gasteiger partial charge on any atom is 0.319 e.